The molecule has 0 saturated heterocycles. The Morgan fingerprint density at radius 2 is 2.15 bits per heavy atom. The predicted octanol–water partition coefficient (Wildman–Crippen LogP) is 2.79. The highest BCUT2D eigenvalue weighted by Crippen LogP contribution is 2.21. The van der Waals surface area contributed by atoms with Gasteiger partial charge in [-0.15, -0.1) is 0 Å². The lowest BCUT2D eigenvalue weighted by atomic mass is 9.90. The molecule has 4 nitrogen and oxygen atoms in total. The molecule has 0 aromatic heterocycles. The summed E-state index contributed by atoms with van der Waals surface area (Å²) >= 11 is 2.14. The number of nitrogens with one attached hydrogen (secondary N) is 1. The van der Waals surface area contributed by atoms with Crippen LogP contribution in [-0.2, 0) is 0 Å². The Morgan fingerprint density at radius 1 is 1.50 bits per heavy atom. The Bertz CT molecular complexity index is 477. The van der Waals surface area contributed by atoms with Crippen LogP contribution in [0.15, 0.2) is 18.2 Å². The molecule has 20 heavy (non-hydrogen) atoms. The van der Waals surface area contributed by atoms with Gasteiger partial charge in [-0.1, -0.05) is 13.8 Å². The van der Waals surface area contributed by atoms with Crippen molar-refractivity contribution in [1.82, 2.24) is 5.32 Å². The lowest BCUT2D eigenvalue weighted by Gasteiger charge is -2.31. The minimum absolute atomic E-state index is 0.0920. The average Bonchev–Trinajstić information content (AvgIpc) is 2.37. The monoisotopic (exact) mass is 390 g/mol. The van der Waals surface area contributed by atoms with Crippen LogP contribution in [0, 0.1) is 9.49 Å². The number of hydrogen-bond acceptors (Lipinski definition) is 3. The first-order valence-electron chi connectivity index (χ1n) is 6.67. The van der Waals surface area contributed by atoms with E-state index in [2.05, 4.69) is 41.8 Å². The van der Waals surface area contributed by atoms with E-state index < -0.39 is 0 Å². The molecular formula is C15H23IN2O2. The third kappa shape index (κ3) is 4.63. The molecule has 0 heterocycles. The van der Waals surface area contributed by atoms with Gasteiger partial charge in [0.1, 0.15) is 5.75 Å². The predicted molar refractivity (Wildman–Crippen MR) is 90.1 cm³/mol. The largest absolute Gasteiger partial charge is 0.497 e. The second-order valence-corrected chi connectivity index (χ2v) is 6.82. The van der Waals surface area contributed by atoms with E-state index in [4.69, 9.17) is 10.5 Å². The smallest absolute Gasteiger partial charge is 0.252 e. The molecule has 1 unspecified atom stereocenters. The molecule has 0 radical (unpaired) electrons. The molecule has 1 atom stereocenters. The molecule has 0 bridgehead atoms. The van der Waals surface area contributed by atoms with Gasteiger partial charge in [0.2, 0.25) is 0 Å². The molecule has 0 spiro atoms. The van der Waals surface area contributed by atoms with Gasteiger partial charge in [0.05, 0.1) is 12.7 Å². The van der Waals surface area contributed by atoms with E-state index in [-0.39, 0.29) is 11.4 Å². The highest BCUT2D eigenvalue weighted by Gasteiger charge is 2.27. The van der Waals surface area contributed by atoms with Gasteiger partial charge in [-0.25, -0.2) is 0 Å². The molecule has 0 aliphatic rings. The number of carbonyl (C=O) groups excluding carboxylic acids is 1. The first-order chi connectivity index (χ1) is 9.31. The molecule has 1 aromatic carbocycles. The summed E-state index contributed by atoms with van der Waals surface area (Å²) in [5, 5.41) is 3.06. The zero-order valence-corrected chi connectivity index (χ0v) is 14.7. The SMILES string of the molecule is COc1ccc(C(=O)NC(C)(CN)CC(C)C)c(I)c1. The van der Waals surface area contributed by atoms with Crippen LogP contribution >= 0.6 is 22.6 Å². The highest BCUT2D eigenvalue weighted by atomic mass is 127. The second kappa shape index (κ2) is 7.26. The zero-order chi connectivity index (χ0) is 15.3. The van der Waals surface area contributed by atoms with E-state index in [0.717, 1.165) is 15.7 Å². The van der Waals surface area contributed by atoms with Gasteiger partial charge in [-0.05, 0) is 60.1 Å². The summed E-state index contributed by atoms with van der Waals surface area (Å²) < 4.78 is 6.01. The maximum atomic E-state index is 12.4. The van der Waals surface area contributed by atoms with E-state index in [9.17, 15) is 4.79 Å². The van der Waals surface area contributed by atoms with Crippen molar-refractivity contribution in [3.8, 4) is 5.75 Å². The van der Waals surface area contributed by atoms with Crippen molar-refractivity contribution < 1.29 is 9.53 Å². The number of ether oxygens (including phenoxy) is 1. The van der Waals surface area contributed by atoms with E-state index in [1.165, 1.54) is 0 Å². The number of methoxy groups -OCH3 is 1. The summed E-state index contributed by atoms with van der Waals surface area (Å²) in [6, 6.07) is 5.42. The molecule has 0 fully saturated rings. The van der Waals surface area contributed by atoms with Crippen LogP contribution in [0.1, 0.15) is 37.6 Å². The molecule has 3 N–H and O–H groups in total. The summed E-state index contributed by atoms with van der Waals surface area (Å²) in [7, 11) is 1.61. The van der Waals surface area contributed by atoms with E-state index in [1.54, 1.807) is 19.2 Å². The molecule has 1 rings (SSSR count). The zero-order valence-electron chi connectivity index (χ0n) is 12.5. The minimum atomic E-state index is -0.381. The lowest BCUT2D eigenvalue weighted by molar-refractivity contribution is 0.0897. The van der Waals surface area contributed by atoms with Crippen LogP contribution in [0.5, 0.6) is 5.75 Å². The van der Waals surface area contributed by atoms with Gasteiger partial charge >= 0.3 is 0 Å². The molecule has 112 valence electrons. The van der Waals surface area contributed by atoms with Gasteiger partial charge in [0, 0.05) is 15.7 Å². The van der Waals surface area contributed by atoms with Crippen LogP contribution in [0.3, 0.4) is 0 Å². The highest BCUT2D eigenvalue weighted by molar-refractivity contribution is 14.1. The fraction of sp³-hybridized carbons (Fsp3) is 0.533. The Hall–Kier alpha value is -0.820. The number of halogens is 1. The maximum Gasteiger partial charge on any atom is 0.252 e. The Kier molecular flexibility index (Phi) is 6.26. The van der Waals surface area contributed by atoms with Crippen molar-refractivity contribution in [2.45, 2.75) is 32.7 Å². The van der Waals surface area contributed by atoms with Crippen LogP contribution in [0.25, 0.3) is 0 Å². The van der Waals surface area contributed by atoms with Crippen molar-refractivity contribution in [2.24, 2.45) is 11.7 Å². The topological polar surface area (TPSA) is 64.3 Å². The van der Waals surface area contributed by atoms with Crippen LogP contribution in [-0.4, -0.2) is 25.1 Å². The number of hydrogen-bond donors (Lipinski definition) is 2. The van der Waals surface area contributed by atoms with Gasteiger partial charge < -0.3 is 15.8 Å². The standard InChI is InChI=1S/C15H23IN2O2/c1-10(2)8-15(3,9-17)18-14(19)12-6-5-11(20-4)7-13(12)16/h5-7,10H,8-9,17H2,1-4H3,(H,18,19). The fourth-order valence-corrected chi connectivity index (χ4v) is 2.97. The Balaban J connectivity index is 2.89. The van der Waals surface area contributed by atoms with E-state index in [1.807, 2.05) is 13.0 Å². The maximum absolute atomic E-state index is 12.4. The number of benzene rings is 1. The van der Waals surface area contributed by atoms with Crippen LogP contribution < -0.4 is 15.8 Å². The Labute approximate surface area is 134 Å². The van der Waals surface area contributed by atoms with Crippen molar-refractivity contribution in [1.29, 1.82) is 0 Å². The number of amides is 1. The summed E-state index contributed by atoms with van der Waals surface area (Å²) in [6.45, 7) is 6.65. The second-order valence-electron chi connectivity index (χ2n) is 5.66. The van der Waals surface area contributed by atoms with Crippen LogP contribution in [0.4, 0.5) is 0 Å². The minimum Gasteiger partial charge on any atom is -0.497 e. The van der Waals surface area contributed by atoms with Crippen molar-refractivity contribution >= 4 is 28.5 Å². The third-order valence-electron chi connectivity index (χ3n) is 3.15. The summed E-state index contributed by atoms with van der Waals surface area (Å²) in [5.74, 6) is 1.12. The number of nitrogens with two attached hydrogens (primary N) is 1. The number of carbonyl (C=O) groups is 1. The molecule has 5 heteroatoms. The summed E-state index contributed by atoms with van der Waals surface area (Å²) in [5.41, 5.74) is 6.10. The molecule has 0 aliphatic carbocycles. The van der Waals surface area contributed by atoms with E-state index in [0.29, 0.717) is 18.0 Å². The summed E-state index contributed by atoms with van der Waals surface area (Å²) in [4.78, 5) is 12.4. The normalized spacial score (nSPS) is 13.9. The fourth-order valence-electron chi connectivity index (χ4n) is 2.23. The molecule has 0 aliphatic heterocycles. The van der Waals surface area contributed by atoms with Crippen LogP contribution in [0.2, 0.25) is 0 Å². The van der Waals surface area contributed by atoms with Gasteiger partial charge in [-0.3, -0.25) is 4.79 Å². The molecule has 0 saturated carbocycles. The molecule has 1 aromatic rings. The number of rotatable bonds is 6. The van der Waals surface area contributed by atoms with Gasteiger partial charge in [0.25, 0.3) is 5.91 Å². The summed E-state index contributed by atoms with van der Waals surface area (Å²) in [6.07, 6.45) is 0.849. The first kappa shape index (κ1) is 17.2. The van der Waals surface area contributed by atoms with Crippen molar-refractivity contribution in [2.75, 3.05) is 13.7 Å². The van der Waals surface area contributed by atoms with Gasteiger partial charge in [0.15, 0.2) is 0 Å². The average molecular weight is 390 g/mol. The molecular weight excluding hydrogens is 367 g/mol. The lowest BCUT2D eigenvalue weighted by Crippen LogP contribution is -2.52. The van der Waals surface area contributed by atoms with Gasteiger partial charge in [-0.2, -0.15) is 0 Å². The van der Waals surface area contributed by atoms with Crippen molar-refractivity contribution in [3.63, 3.8) is 0 Å². The first-order valence-corrected chi connectivity index (χ1v) is 7.75. The molecule has 1 amide bonds. The van der Waals surface area contributed by atoms with E-state index >= 15 is 0 Å². The third-order valence-corrected chi connectivity index (χ3v) is 4.04. The van der Waals surface area contributed by atoms with Crippen molar-refractivity contribution in [3.05, 3.63) is 27.3 Å². The quantitative estimate of drug-likeness (QED) is 0.735. The Morgan fingerprint density at radius 3 is 2.60 bits per heavy atom.